The molecule has 32 heavy (non-hydrogen) atoms. The fraction of sp³-hybridized carbons (Fsp3) is 0.520. The first-order valence-electron chi connectivity index (χ1n) is 11.8. The number of amides is 1. The van der Waals surface area contributed by atoms with Gasteiger partial charge in [-0.1, -0.05) is 6.07 Å². The average molecular weight is 437 g/mol. The van der Waals surface area contributed by atoms with E-state index in [-0.39, 0.29) is 5.91 Å². The van der Waals surface area contributed by atoms with Gasteiger partial charge in [0.15, 0.2) is 0 Å². The average Bonchev–Trinajstić information content (AvgIpc) is 3.68. The van der Waals surface area contributed by atoms with E-state index in [1.165, 1.54) is 12.8 Å². The molecule has 7 heteroatoms. The lowest BCUT2D eigenvalue weighted by Crippen LogP contribution is -2.36. The molecule has 2 saturated heterocycles. The van der Waals surface area contributed by atoms with E-state index in [0.29, 0.717) is 11.3 Å². The highest BCUT2D eigenvalue weighted by molar-refractivity contribution is 5.94. The largest absolute Gasteiger partial charge is 0.455 e. The first-order chi connectivity index (χ1) is 15.8. The molecule has 1 amide bonds. The minimum atomic E-state index is 0.0941. The van der Waals surface area contributed by atoms with Gasteiger partial charge < -0.3 is 14.4 Å². The predicted molar refractivity (Wildman–Crippen MR) is 122 cm³/mol. The van der Waals surface area contributed by atoms with E-state index in [0.717, 1.165) is 82.8 Å². The molecule has 0 radical (unpaired) electrons. The third kappa shape index (κ3) is 5.28. The maximum Gasteiger partial charge on any atom is 0.254 e. The van der Waals surface area contributed by atoms with Gasteiger partial charge in [0.1, 0.15) is 11.5 Å². The Kier molecular flexibility index (Phi) is 6.67. The zero-order chi connectivity index (χ0) is 21.8. The van der Waals surface area contributed by atoms with E-state index in [2.05, 4.69) is 14.8 Å². The number of morpholine rings is 1. The third-order valence-corrected chi connectivity index (χ3v) is 6.55. The maximum absolute atomic E-state index is 13.4. The van der Waals surface area contributed by atoms with Crippen LogP contribution in [0.1, 0.15) is 35.2 Å². The summed E-state index contributed by atoms with van der Waals surface area (Å²) in [4.78, 5) is 24.4. The zero-order valence-electron chi connectivity index (χ0n) is 18.6. The van der Waals surface area contributed by atoms with Gasteiger partial charge in [0.05, 0.1) is 19.4 Å². The summed E-state index contributed by atoms with van der Waals surface area (Å²) in [7, 11) is 0. The standard InChI is InChI=1S/C25H32N4O3/c30-25(29-10-2-9-28(11-12-29)22-6-7-22)20-4-5-21(19-27-13-15-31-16-14-27)24(17-20)32-23-3-1-8-26-18-23/h1,3-5,8,17-18,22H,2,6-7,9-16,19H2. The molecule has 1 aromatic heterocycles. The van der Waals surface area contributed by atoms with Crippen molar-refractivity contribution in [2.24, 2.45) is 0 Å². The van der Waals surface area contributed by atoms with Crippen molar-refractivity contribution in [3.63, 3.8) is 0 Å². The van der Waals surface area contributed by atoms with Crippen molar-refractivity contribution >= 4 is 5.91 Å². The molecule has 1 aliphatic carbocycles. The van der Waals surface area contributed by atoms with Crippen molar-refractivity contribution in [2.45, 2.75) is 31.8 Å². The molecular weight excluding hydrogens is 404 g/mol. The minimum Gasteiger partial charge on any atom is -0.455 e. The summed E-state index contributed by atoms with van der Waals surface area (Å²) < 4.78 is 11.7. The molecule has 3 aliphatic rings. The van der Waals surface area contributed by atoms with Gasteiger partial charge >= 0.3 is 0 Å². The molecule has 3 heterocycles. The Labute approximate surface area is 189 Å². The van der Waals surface area contributed by atoms with Crippen molar-refractivity contribution in [1.82, 2.24) is 19.7 Å². The Bertz CT molecular complexity index is 913. The first-order valence-corrected chi connectivity index (χ1v) is 11.8. The minimum absolute atomic E-state index is 0.0941. The van der Waals surface area contributed by atoms with E-state index < -0.39 is 0 Å². The summed E-state index contributed by atoms with van der Waals surface area (Å²) in [6, 6.07) is 10.4. The van der Waals surface area contributed by atoms with Crippen molar-refractivity contribution in [3.8, 4) is 11.5 Å². The zero-order valence-corrected chi connectivity index (χ0v) is 18.6. The van der Waals surface area contributed by atoms with E-state index in [4.69, 9.17) is 9.47 Å². The number of pyridine rings is 1. The highest BCUT2D eigenvalue weighted by Gasteiger charge is 2.31. The topological polar surface area (TPSA) is 58.1 Å². The van der Waals surface area contributed by atoms with E-state index >= 15 is 0 Å². The van der Waals surface area contributed by atoms with Crippen LogP contribution >= 0.6 is 0 Å². The molecule has 0 spiro atoms. The van der Waals surface area contributed by atoms with Crippen molar-refractivity contribution in [1.29, 1.82) is 0 Å². The second-order valence-electron chi connectivity index (χ2n) is 8.91. The SMILES string of the molecule is O=C(c1ccc(CN2CCOCC2)c(Oc2cccnc2)c1)N1CCCN(C2CC2)CC1. The quantitative estimate of drug-likeness (QED) is 0.694. The molecule has 5 rings (SSSR count). The first kappa shape index (κ1) is 21.4. The number of ether oxygens (including phenoxy) is 2. The Morgan fingerprint density at radius 2 is 1.94 bits per heavy atom. The number of hydrogen-bond acceptors (Lipinski definition) is 6. The van der Waals surface area contributed by atoms with Crippen LogP contribution in [0.2, 0.25) is 0 Å². The molecule has 0 unspecified atom stereocenters. The third-order valence-electron chi connectivity index (χ3n) is 6.55. The molecule has 1 aromatic carbocycles. The lowest BCUT2D eigenvalue weighted by atomic mass is 10.1. The summed E-state index contributed by atoms with van der Waals surface area (Å²) in [5.74, 6) is 1.50. The summed E-state index contributed by atoms with van der Waals surface area (Å²) in [5.41, 5.74) is 1.76. The fourth-order valence-electron chi connectivity index (χ4n) is 4.58. The molecule has 0 atom stereocenters. The van der Waals surface area contributed by atoms with Gasteiger partial charge in [0.2, 0.25) is 0 Å². The number of carbonyl (C=O) groups is 1. The molecule has 0 N–H and O–H groups in total. The molecule has 1 saturated carbocycles. The Morgan fingerprint density at radius 1 is 1.06 bits per heavy atom. The van der Waals surface area contributed by atoms with Gasteiger partial charge in [-0.05, 0) is 43.5 Å². The Balaban J connectivity index is 1.34. The number of carbonyl (C=O) groups excluding carboxylic acids is 1. The van der Waals surface area contributed by atoms with Gasteiger partial charge in [-0.2, -0.15) is 0 Å². The van der Waals surface area contributed by atoms with Crippen molar-refractivity contribution in [3.05, 3.63) is 53.9 Å². The monoisotopic (exact) mass is 436 g/mol. The lowest BCUT2D eigenvalue weighted by Gasteiger charge is -2.27. The Hall–Kier alpha value is -2.48. The van der Waals surface area contributed by atoms with Crippen molar-refractivity contribution in [2.75, 3.05) is 52.5 Å². The molecule has 7 nitrogen and oxygen atoms in total. The molecule has 0 bridgehead atoms. The van der Waals surface area contributed by atoms with Crippen molar-refractivity contribution < 1.29 is 14.3 Å². The number of rotatable bonds is 6. The van der Waals surface area contributed by atoms with Gasteiger partial charge in [0, 0.05) is 69.2 Å². The van der Waals surface area contributed by atoms with Gasteiger partial charge in [-0.15, -0.1) is 0 Å². The molecule has 2 aliphatic heterocycles. The van der Waals surface area contributed by atoms with Crippen LogP contribution in [0.4, 0.5) is 0 Å². The summed E-state index contributed by atoms with van der Waals surface area (Å²) in [6.45, 7) is 7.77. The molecule has 2 aromatic rings. The van der Waals surface area contributed by atoms with Crippen LogP contribution in [0, 0.1) is 0 Å². The summed E-state index contributed by atoms with van der Waals surface area (Å²) >= 11 is 0. The normalized spacial score (nSPS) is 20.7. The lowest BCUT2D eigenvalue weighted by molar-refractivity contribution is 0.0339. The molecular formula is C25H32N4O3. The van der Waals surface area contributed by atoms with Crippen LogP contribution < -0.4 is 4.74 Å². The Morgan fingerprint density at radius 3 is 2.72 bits per heavy atom. The van der Waals surface area contributed by atoms with Crippen LogP contribution in [0.3, 0.4) is 0 Å². The van der Waals surface area contributed by atoms with E-state index in [9.17, 15) is 4.79 Å². The summed E-state index contributed by atoms with van der Waals surface area (Å²) in [6.07, 6.45) is 7.09. The number of hydrogen-bond donors (Lipinski definition) is 0. The van der Waals surface area contributed by atoms with Crippen LogP contribution in [0.25, 0.3) is 0 Å². The number of benzene rings is 1. The smallest absolute Gasteiger partial charge is 0.254 e. The summed E-state index contributed by atoms with van der Waals surface area (Å²) in [5, 5.41) is 0. The predicted octanol–water partition coefficient (Wildman–Crippen LogP) is 3.02. The van der Waals surface area contributed by atoms with E-state index in [1.807, 2.05) is 35.2 Å². The highest BCUT2D eigenvalue weighted by atomic mass is 16.5. The number of nitrogens with zero attached hydrogens (tertiary/aromatic N) is 4. The van der Waals surface area contributed by atoms with Gasteiger partial charge in [0.25, 0.3) is 5.91 Å². The van der Waals surface area contributed by atoms with Crippen LogP contribution in [0.5, 0.6) is 11.5 Å². The number of aromatic nitrogens is 1. The highest BCUT2D eigenvalue weighted by Crippen LogP contribution is 2.30. The van der Waals surface area contributed by atoms with Crippen LogP contribution in [0.15, 0.2) is 42.7 Å². The van der Waals surface area contributed by atoms with Crippen LogP contribution in [-0.4, -0.2) is 84.1 Å². The maximum atomic E-state index is 13.4. The second-order valence-corrected chi connectivity index (χ2v) is 8.91. The molecule has 3 fully saturated rings. The molecule has 170 valence electrons. The second kappa shape index (κ2) is 9.98. The van der Waals surface area contributed by atoms with E-state index in [1.54, 1.807) is 12.4 Å². The van der Waals surface area contributed by atoms with Crippen LogP contribution in [-0.2, 0) is 11.3 Å². The van der Waals surface area contributed by atoms with Gasteiger partial charge in [-0.25, -0.2) is 0 Å². The van der Waals surface area contributed by atoms with Gasteiger partial charge in [-0.3, -0.25) is 19.6 Å². The fourth-order valence-corrected chi connectivity index (χ4v) is 4.58.